The minimum absolute atomic E-state index is 0.348. The molecule has 0 fully saturated rings. The van der Waals surface area contributed by atoms with Crippen LogP contribution >= 0.6 is 0 Å². The fourth-order valence-electron chi connectivity index (χ4n) is 1.81. The number of aromatic amines is 1. The van der Waals surface area contributed by atoms with Crippen LogP contribution in [0, 0.1) is 16.2 Å². The molecule has 8 nitrogen and oxygen atoms in total. The summed E-state index contributed by atoms with van der Waals surface area (Å²) in [6, 6.07) is 3.09. The highest BCUT2D eigenvalue weighted by Crippen LogP contribution is 2.37. The molecule has 2 aromatic rings. The number of hydrogen-bond donors (Lipinski definition) is 1. The van der Waals surface area contributed by atoms with Crippen molar-refractivity contribution in [3.8, 4) is 6.07 Å². The Morgan fingerprint density at radius 3 is 2.50 bits per heavy atom. The standard InChI is InChI=1S/C11H5F3N4O4/c1-2-15-17-8-4-7(18(21)22)5(11(12,13)14)3-6(8)16-9(19)10(17)20/h3-4H,1H3/p+1. The number of hydrogen-bond acceptors (Lipinski definition) is 4. The van der Waals surface area contributed by atoms with E-state index in [1.165, 1.54) is 6.92 Å². The van der Waals surface area contributed by atoms with Gasteiger partial charge in [-0.25, -0.2) is 0 Å². The Labute approximate surface area is 118 Å². The predicted molar refractivity (Wildman–Crippen MR) is 68.8 cm³/mol. The zero-order valence-corrected chi connectivity index (χ0v) is 10.8. The average Bonchev–Trinajstić information content (AvgIpc) is 2.41. The first-order valence-corrected chi connectivity index (χ1v) is 5.59. The molecular weight excluding hydrogens is 309 g/mol. The molecule has 0 aliphatic carbocycles. The van der Waals surface area contributed by atoms with E-state index in [1.54, 1.807) is 0 Å². The van der Waals surface area contributed by atoms with Crippen molar-refractivity contribution >= 4 is 16.7 Å². The normalized spacial score (nSPS) is 11.1. The molecule has 0 unspecified atom stereocenters. The molecule has 1 aromatic heterocycles. The Morgan fingerprint density at radius 1 is 1.36 bits per heavy atom. The molecule has 11 heteroatoms. The molecule has 22 heavy (non-hydrogen) atoms. The number of nitrogens with zero attached hydrogens (tertiary/aromatic N) is 3. The van der Waals surface area contributed by atoms with Gasteiger partial charge in [0.25, 0.3) is 5.69 Å². The number of benzene rings is 1. The van der Waals surface area contributed by atoms with Crippen LogP contribution < -0.4 is 11.1 Å². The van der Waals surface area contributed by atoms with Crippen molar-refractivity contribution < 1.29 is 18.1 Å². The molecule has 0 radical (unpaired) electrons. The van der Waals surface area contributed by atoms with Crippen molar-refractivity contribution in [1.29, 1.82) is 0 Å². The van der Waals surface area contributed by atoms with E-state index >= 15 is 0 Å². The van der Waals surface area contributed by atoms with Crippen molar-refractivity contribution in [3.05, 3.63) is 53.5 Å². The molecule has 0 saturated heterocycles. The first kappa shape index (κ1) is 15.2. The Bertz CT molecular complexity index is 962. The number of fused-ring (bicyclic) bond motifs is 1. The van der Waals surface area contributed by atoms with E-state index in [2.05, 4.69) is 11.0 Å². The molecule has 114 valence electrons. The second-order valence-corrected chi connectivity index (χ2v) is 4.04. The van der Waals surface area contributed by atoms with Gasteiger partial charge in [0.1, 0.15) is 5.56 Å². The summed E-state index contributed by atoms with van der Waals surface area (Å²) in [5.41, 5.74) is -5.98. The summed E-state index contributed by atoms with van der Waals surface area (Å²) >= 11 is 0. The minimum atomic E-state index is -5.01. The lowest BCUT2D eigenvalue weighted by Gasteiger charge is -2.08. The van der Waals surface area contributed by atoms with Gasteiger partial charge in [-0.3, -0.25) is 19.7 Å². The maximum absolute atomic E-state index is 12.9. The number of nitrogens with one attached hydrogen (secondary N) is 1. The lowest BCUT2D eigenvalue weighted by molar-refractivity contribution is -0.387. The van der Waals surface area contributed by atoms with Crippen LogP contribution in [0.25, 0.3) is 16.0 Å². The smallest absolute Gasteiger partial charge is 0.315 e. The molecule has 0 bridgehead atoms. The van der Waals surface area contributed by atoms with Crippen molar-refractivity contribution in [3.63, 3.8) is 0 Å². The highest BCUT2D eigenvalue weighted by Gasteiger charge is 2.39. The molecule has 1 heterocycles. The van der Waals surface area contributed by atoms with Crippen LogP contribution in [0.15, 0.2) is 21.7 Å². The lowest BCUT2D eigenvalue weighted by Crippen LogP contribution is -2.34. The minimum Gasteiger partial charge on any atom is -0.315 e. The van der Waals surface area contributed by atoms with Gasteiger partial charge in [0.05, 0.1) is 22.3 Å². The maximum Gasteiger partial charge on any atom is 0.423 e. The fourth-order valence-corrected chi connectivity index (χ4v) is 1.81. The third-order valence-corrected chi connectivity index (χ3v) is 2.68. The van der Waals surface area contributed by atoms with Crippen LogP contribution in [0.2, 0.25) is 0 Å². The van der Waals surface area contributed by atoms with E-state index < -0.39 is 39.0 Å². The summed E-state index contributed by atoms with van der Waals surface area (Å²) in [4.78, 5) is 38.0. The molecule has 1 N–H and O–H groups in total. The zero-order chi connectivity index (χ0) is 16.7. The molecule has 1 aromatic carbocycles. The van der Waals surface area contributed by atoms with E-state index in [4.69, 9.17) is 0 Å². The van der Waals surface area contributed by atoms with Crippen molar-refractivity contribution in [1.82, 2.24) is 9.66 Å². The number of H-pyrrole nitrogens is 1. The molecule has 0 spiro atoms. The van der Waals surface area contributed by atoms with Gasteiger partial charge in [0, 0.05) is 10.7 Å². The molecule has 0 atom stereocenters. The SMILES string of the molecule is CC#[N+]n1c(=O)c(=O)[nH]c2cc(C(F)(F)F)c([N+](=O)[O-])cc21. The van der Waals surface area contributed by atoms with Crippen molar-refractivity contribution in [2.75, 3.05) is 0 Å². The number of rotatable bonds is 1. The second kappa shape index (κ2) is 4.99. The number of nitro benzene ring substituents is 1. The van der Waals surface area contributed by atoms with E-state index in [1.807, 2.05) is 4.98 Å². The number of halogens is 3. The summed E-state index contributed by atoms with van der Waals surface area (Å²) in [5.74, 6) is 0. The summed E-state index contributed by atoms with van der Waals surface area (Å²) in [7, 11) is 0. The van der Waals surface area contributed by atoms with Gasteiger partial charge in [-0.05, 0) is 6.07 Å². The molecule has 0 aliphatic heterocycles. The van der Waals surface area contributed by atoms with Crippen LogP contribution in [0.1, 0.15) is 12.5 Å². The van der Waals surface area contributed by atoms with Gasteiger partial charge in [0.15, 0.2) is 5.52 Å². The van der Waals surface area contributed by atoms with E-state index in [9.17, 15) is 32.9 Å². The van der Waals surface area contributed by atoms with Crippen LogP contribution in [0.5, 0.6) is 0 Å². The largest absolute Gasteiger partial charge is 0.423 e. The Balaban J connectivity index is 3.06. The first-order valence-electron chi connectivity index (χ1n) is 5.59. The fraction of sp³-hybridized carbons (Fsp3) is 0.182. The monoisotopic (exact) mass is 315 g/mol. The lowest BCUT2D eigenvalue weighted by atomic mass is 10.1. The van der Waals surface area contributed by atoms with Gasteiger partial charge >= 0.3 is 23.4 Å². The zero-order valence-electron chi connectivity index (χ0n) is 10.8. The first-order chi connectivity index (χ1) is 10.2. The second-order valence-electron chi connectivity index (χ2n) is 4.04. The number of nitro groups is 1. The van der Waals surface area contributed by atoms with Crippen LogP contribution in [-0.2, 0) is 6.18 Å². The molecule has 0 aliphatic rings. The highest BCUT2D eigenvalue weighted by atomic mass is 19.4. The Hall–Kier alpha value is -3.16. The van der Waals surface area contributed by atoms with E-state index in [-0.39, 0.29) is 5.52 Å². The molecule has 2 rings (SSSR count). The summed E-state index contributed by atoms with van der Waals surface area (Å²) in [5, 5.41) is 10.8. The predicted octanol–water partition coefficient (Wildman–Crippen LogP) is 1.73. The number of alkyl halides is 3. The topological polar surface area (TPSA) is 102 Å². The molecule has 0 saturated carbocycles. The quantitative estimate of drug-likeness (QED) is 0.492. The average molecular weight is 315 g/mol. The van der Waals surface area contributed by atoms with Gasteiger partial charge < -0.3 is 4.98 Å². The van der Waals surface area contributed by atoms with E-state index in [0.717, 1.165) is 0 Å². The summed E-state index contributed by atoms with van der Waals surface area (Å²) in [6.07, 6.45) is -5.01. The Kier molecular flexibility index (Phi) is 3.46. The summed E-state index contributed by atoms with van der Waals surface area (Å²) in [6.45, 7) is 1.28. The van der Waals surface area contributed by atoms with Gasteiger partial charge in [-0.2, -0.15) is 13.2 Å². The van der Waals surface area contributed by atoms with Crippen LogP contribution in [0.4, 0.5) is 18.9 Å². The maximum atomic E-state index is 12.9. The third kappa shape index (κ3) is 2.41. The van der Waals surface area contributed by atoms with Crippen molar-refractivity contribution in [2.24, 2.45) is 0 Å². The summed E-state index contributed by atoms with van der Waals surface area (Å²) < 4.78 is 39.0. The van der Waals surface area contributed by atoms with Crippen LogP contribution in [-0.4, -0.2) is 14.6 Å². The highest BCUT2D eigenvalue weighted by molar-refractivity contribution is 5.79. The third-order valence-electron chi connectivity index (χ3n) is 2.68. The number of aromatic nitrogens is 2. The van der Waals surface area contributed by atoms with Gasteiger partial charge in [0.2, 0.25) is 0 Å². The van der Waals surface area contributed by atoms with Gasteiger partial charge in [-0.1, -0.05) is 0 Å². The van der Waals surface area contributed by atoms with Crippen molar-refractivity contribution in [2.45, 2.75) is 13.1 Å². The molecular formula is C11H6F3N4O4+. The van der Waals surface area contributed by atoms with Gasteiger partial charge in [-0.15, -0.1) is 0 Å². The molecule has 0 amide bonds. The van der Waals surface area contributed by atoms with E-state index in [0.29, 0.717) is 16.8 Å². The Morgan fingerprint density at radius 2 is 2.00 bits per heavy atom. The van der Waals surface area contributed by atoms with Crippen LogP contribution in [0.3, 0.4) is 0 Å².